The molecule has 0 saturated carbocycles. The number of nitrogens with one attached hydrogen (secondary N) is 1. The summed E-state index contributed by atoms with van der Waals surface area (Å²) in [5, 5.41) is 3.67. The molecule has 2 rings (SSSR count). The predicted octanol–water partition coefficient (Wildman–Crippen LogP) is 3.30. The van der Waals surface area contributed by atoms with Gasteiger partial charge in [-0.05, 0) is 38.3 Å². The maximum absolute atomic E-state index is 5.62. The van der Waals surface area contributed by atoms with Crippen molar-refractivity contribution in [2.45, 2.75) is 46.2 Å². The molecule has 1 aliphatic heterocycles. The molecule has 1 N–H and O–H groups in total. The Morgan fingerprint density at radius 1 is 1.40 bits per heavy atom. The van der Waals surface area contributed by atoms with E-state index in [0.717, 1.165) is 31.4 Å². The van der Waals surface area contributed by atoms with Crippen LogP contribution in [0.3, 0.4) is 0 Å². The lowest BCUT2D eigenvalue weighted by atomic mass is 9.99. The van der Waals surface area contributed by atoms with Gasteiger partial charge in [-0.3, -0.25) is 0 Å². The fourth-order valence-corrected chi connectivity index (χ4v) is 2.93. The molecule has 0 amide bonds. The highest BCUT2D eigenvalue weighted by molar-refractivity contribution is 5.52. The van der Waals surface area contributed by atoms with Gasteiger partial charge in [0, 0.05) is 36.9 Å². The summed E-state index contributed by atoms with van der Waals surface area (Å²) < 4.78 is 5.62. The van der Waals surface area contributed by atoms with E-state index in [1.807, 2.05) is 13.0 Å². The highest BCUT2D eigenvalue weighted by Crippen LogP contribution is 2.25. The van der Waals surface area contributed by atoms with Crippen LogP contribution in [0.4, 0.5) is 5.69 Å². The third-order valence-corrected chi connectivity index (χ3v) is 3.87. The number of piperazine rings is 1. The third-order valence-electron chi connectivity index (χ3n) is 3.87. The average Bonchev–Trinajstić information content (AvgIpc) is 2.41. The van der Waals surface area contributed by atoms with Crippen molar-refractivity contribution in [3.8, 4) is 5.75 Å². The van der Waals surface area contributed by atoms with E-state index in [0.29, 0.717) is 12.1 Å². The van der Waals surface area contributed by atoms with Gasteiger partial charge >= 0.3 is 0 Å². The van der Waals surface area contributed by atoms with Crippen molar-refractivity contribution in [2.75, 3.05) is 24.6 Å². The van der Waals surface area contributed by atoms with Crippen LogP contribution in [0.1, 0.15) is 34.1 Å². The smallest absolute Gasteiger partial charge is 0.121 e. The van der Waals surface area contributed by atoms with Crippen molar-refractivity contribution in [2.24, 2.45) is 5.92 Å². The molecule has 0 spiro atoms. The van der Waals surface area contributed by atoms with Gasteiger partial charge in [-0.1, -0.05) is 19.9 Å². The minimum absolute atomic E-state index is 0.523. The molecular weight excluding hydrogens is 248 g/mol. The molecule has 1 aromatic rings. The molecule has 1 aromatic carbocycles. The molecule has 0 radical (unpaired) electrons. The number of anilines is 1. The van der Waals surface area contributed by atoms with Crippen LogP contribution >= 0.6 is 0 Å². The first-order valence-corrected chi connectivity index (χ1v) is 7.83. The fourth-order valence-electron chi connectivity index (χ4n) is 2.93. The molecular formula is C17H28N2O. The summed E-state index contributed by atoms with van der Waals surface area (Å²) in [5.41, 5.74) is 1.28. The molecule has 0 aliphatic carbocycles. The summed E-state index contributed by atoms with van der Waals surface area (Å²) in [4.78, 5) is 2.51. The van der Waals surface area contributed by atoms with Crippen molar-refractivity contribution >= 4 is 5.69 Å². The standard InChI is InChI=1S/C17H28N2O/c1-5-20-17-8-6-7-16(10-17)19-12-15(9-13(2)3)18-11-14(19)4/h6-8,10,13-15,18H,5,9,11-12H2,1-4H3. The van der Waals surface area contributed by atoms with E-state index >= 15 is 0 Å². The molecule has 112 valence electrons. The van der Waals surface area contributed by atoms with Crippen LogP contribution in [-0.2, 0) is 0 Å². The predicted molar refractivity (Wildman–Crippen MR) is 85.7 cm³/mol. The zero-order valence-electron chi connectivity index (χ0n) is 13.2. The molecule has 2 unspecified atom stereocenters. The van der Waals surface area contributed by atoms with Crippen LogP contribution in [0.5, 0.6) is 5.75 Å². The molecule has 0 aromatic heterocycles. The SMILES string of the molecule is CCOc1cccc(N2CC(CC(C)C)NCC2C)c1. The van der Waals surface area contributed by atoms with Gasteiger partial charge in [0.2, 0.25) is 0 Å². The van der Waals surface area contributed by atoms with E-state index < -0.39 is 0 Å². The van der Waals surface area contributed by atoms with E-state index in [1.165, 1.54) is 12.1 Å². The fraction of sp³-hybridized carbons (Fsp3) is 0.647. The number of nitrogens with zero attached hydrogens (tertiary/aromatic N) is 1. The van der Waals surface area contributed by atoms with Crippen LogP contribution in [0.25, 0.3) is 0 Å². The Hall–Kier alpha value is -1.22. The maximum atomic E-state index is 5.62. The minimum Gasteiger partial charge on any atom is -0.494 e. The lowest BCUT2D eigenvalue weighted by Crippen LogP contribution is -2.55. The summed E-state index contributed by atoms with van der Waals surface area (Å²) in [5.74, 6) is 1.70. The Balaban J connectivity index is 2.10. The maximum Gasteiger partial charge on any atom is 0.121 e. The molecule has 1 fully saturated rings. The van der Waals surface area contributed by atoms with Crippen LogP contribution in [0.15, 0.2) is 24.3 Å². The molecule has 1 saturated heterocycles. The second-order valence-corrected chi connectivity index (χ2v) is 6.17. The molecule has 1 aliphatic rings. The third kappa shape index (κ3) is 3.89. The van der Waals surface area contributed by atoms with Gasteiger partial charge in [0.05, 0.1) is 6.61 Å². The van der Waals surface area contributed by atoms with E-state index in [-0.39, 0.29) is 0 Å². The quantitative estimate of drug-likeness (QED) is 0.893. The van der Waals surface area contributed by atoms with Crippen LogP contribution in [-0.4, -0.2) is 31.8 Å². The average molecular weight is 276 g/mol. The zero-order chi connectivity index (χ0) is 14.5. The summed E-state index contributed by atoms with van der Waals surface area (Å²) in [6.07, 6.45) is 1.23. The Bertz CT molecular complexity index is 419. The van der Waals surface area contributed by atoms with Gasteiger partial charge in [0.25, 0.3) is 0 Å². The number of benzene rings is 1. The summed E-state index contributed by atoms with van der Waals surface area (Å²) in [6.45, 7) is 11.7. The topological polar surface area (TPSA) is 24.5 Å². The van der Waals surface area contributed by atoms with Crippen molar-refractivity contribution in [1.29, 1.82) is 0 Å². The monoisotopic (exact) mass is 276 g/mol. The van der Waals surface area contributed by atoms with E-state index in [2.05, 4.69) is 49.2 Å². The number of ether oxygens (including phenoxy) is 1. The van der Waals surface area contributed by atoms with E-state index in [9.17, 15) is 0 Å². The van der Waals surface area contributed by atoms with Crippen molar-refractivity contribution < 1.29 is 4.74 Å². The summed E-state index contributed by atoms with van der Waals surface area (Å²) in [6, 6.07) is 9.59. The number of rotatable bonds is 5. The van der Waals surface area contributed by atoms with Crippen LogP contribution < -0.4 is 15.0 Å². The first-order valence-electron chi connectivity index (χ1n) is 7.83. The highest BCUT2D eigenvalue weighted by atomic mass is 16.5. The van der Waals surface area contributed by atoms with E-state index in [1.54, 1.807) is 0 Å². The second kappa shape index (κ2) is 6.98. The Labute approximate surface area is 123 Å². The van der Waals surface area contributed by atoms with Crippen molar-refractivity contribution in [3.63, 3.8) is 0 Å². The largest absolute Gasteiger partial charge is 0.494 e. The lowest BCUT2D eigenvalue weighted by molar-refractivity contribution is 0.338. The molecule has 3 nitrogen and oxygen atoms in total. The highest BCUT2D eigenvalue weighted by Gasteiger charge is 2.25. The zero-order valence-corrected chi connectivity index (χ0v) is 13.2. The van der Waals surface area contributed by atoms with Gasteiger partial charge in [0.1, 0.15) is 5.75 Å². The first kappa shape index (κ1) is 15.2. The Kier molecular flexibility index (Phi) is 5.30. The number of hydrogen-bond donors (Lipinski definition) is 1. The first-order chi connectivity index (χ1) is 9.60. The van der Waals surface area contributed by atoms with Gasteiger partial charge in [-0.2, -0.15) is 0 Å². The molecule has 0 bridgehead atoms. The van der Waals surface area contributed by atoms with Gasteiger partial charge in [0.15, 0.2) is 0 Å². The van der Waals surface area contributed by atoms with Gasteiger partial charge in [-0.15, -0.1) is 0 Å². The summed E-state index contributed by atoms with van der Waals surface area (Å²) >= 11 is 0. The molecule has 1 heterocycles. The van der Waals surface area contributed by atoms with Crippen LogP contribution in [0, 0.1) is 5.92 Å². The lowest BCUT2D eigenvalue weighted by Gasteiger charge is -2.41. The molecule has 3 heteroatoms. The van der Waals surface area contributed by atoms with Gasteiger partial charge in [-0.25, -0.2) is 0 Å². The Morgan fingerprint density at radius 2 is 2.20 bits per heavy atom. The Morgan fingerprint density at radius 3 is 2.90 bits per heavy atom. The summed E-state index contributed by atoms with van der Waals surface area (Å²) in [7, 11) is 0. The number of hydrogen-bond acceptors (Lipinski definition) is 3. The normalized spacial score (nSPS) is 23.1. The van der Waals surface area contributed by atoms with Crippen molar-refractivity contribution in [1.82, 2.24) is 5.32 Å². The minimum atomic E-state index is 0.523. The second-order valence-electron chi connectivity index (χ2n) is 6.17. The van der Waals surface area contributed by atoms with Gasteiger partial charge < -0.3 is 15.0 Å². The van der Waals surface area contributed by atoms with Crippen molar-refractivity contribution in [3.05, 3.63) is 24.3 Å². The molecule has 20 heavy (non-hydrogen) atoms. The van der Waals surface area contributed by atoms with E-state index in [4.69, 9.17) is 4.74 Å². The van der Waals surface area contributed by atoms with Crippen LogP contribution in [0.2, 0.25) is 0 Å². The molecule has 2 atom stereocenters.